The van der Waals surface area contributed by atoms with Gasteiger partial charge in [-0.25, -0.2) is 4.98 Å². The molecule has 0 aliphatic carbocycles. The Hall–Kier alpha value is -1.87. The van der Waals surface area contributed by atoms with Gasteiger partial charge in [0.2, 0.25) is 5.88 Å². The van der Waals surface area contributed by atoms with Crippen molar-refractivity contribution in [3.8, 4) is 5.88 Å². The molecule has 0 fully saturated rings. The first kappa shape index (κ1) is 15.5. The van der Waals surface area contributed by atoms with Gasteiger partial charge >= 0.3 is 0 Å². The summed E-state index contributed by atoms with van der Waals surface area (Å²) in [7, 11) is 0. The molecule has 1 heterocycles. The van der Waals surface area contributed by atoms with Crippen molar-refractivity contribution in [1.29, 1.82) is 0 Å². The molecule has 0 amide bonds. The van der Waals surface area contributed by atoms with Crippen LogP contribution < -0.4 is 10.1 Å². The number of hydrogen-bond donors (Lipinski definition) is 1. The van der Waals surface area contributed by atoms with Crippen LogP contribution in [0.1, 0.15) is 37.1 Å². The lowest BCUT2D eigenvalue weighted by molar-refractivity contribution is 0.292. The molecule has 1 aromatic carbocycles. The van der Waals surface area contributed by atoms with Gasteiger partial charge in [-0.15, -0.1) is 0 Å². The molecule has 3 nitrogen and oxygen atoms in total. The first-order valence-electron chi connectivity index (χ1n) is 7.69. The molecule has 0 bridgehead atoms. The van der Waals surface area contributed by atoms with Gasteiger partial charge in [0.25, 0.3) is 0 Å². The molecular formula is C18H24N2O. The van der Waals surface area contributed by atoms with E-state index in [2.05, 4.69) is 42.3 Å². The molecule has 0 saturated carbocycles. The normalized spacial score (nSPS) is 10.6. The minimum atomic E-state index is 0.560. The van der Waals surface area contributed by atoms with Crippen molar-refractivity contribution in [3.05, 3.63) is 59.3 Å². The van der Waals surface area contributed by atoms with Crippen molar-refractivity contribution in [2.75, 3.05) is 6.54 Å². The Bertz CT molecular complexity index is 540. The average Bonchev–Trinajstić information content (AvgIpc) is 2.52. The van der Waals surface area contributed by atoms with Gasteiger partial charge in [-0.3, -0.25) is 0 Å². The molecule has 0 radical (unpaired) electrons. The van der Waals surface area contributed by atoms with Crippen molar-refractivity contribution in [1.82, 2.24) is 10.3 Å². The summed E-state index contributed by atoms with van der Waals surface area (Å²) in [5.41, 5.74) is 3.50. The minimum absolute atomic E-state index is 0.560. The Morgan fingerprint density at radius 1 is 1.05 bits per heavy atom. The van der Waals surface area contributed by atoms with Crippen LogP contribution in [0.2, 0.25) is 0 Å². The quantitative estimate of drug-likeness (QED) is 0.802. The van der Waals surface area contributed by atoms with E-state index in [1.807, 2.05) is 24.3 Å². The zero-order chi connectivity index (χ0) is 14.9. The summed E-state index contributed by atoms with van der Waals surface area (Å²) in [6, 6.07) is 14.4. The number of hydrogen-bond acceptors (Lipinski definition) is 3. The van der Waals surface area contributed by atoms with E-state index in [4.69, 9.17) is 4.74 Å². The van der Waals surface area contributed by atoms with Crippen LogP contribution in [0.15, 0.2) is 42.5 Å². The SMILES string of the molecule is CCCc1cc(CNCC)cc(OCc2ccccc2)n1. The molecule has 0 atom stereocenters. The number of ether oxygens (including phenoxy) is 1. The van der Waals surface area contributed by atoms with E-state index in [0.717, 1.165) is 43.1 Å². The average molecular weight is 284 g/mol. The highest BCUT2D eigenvalue weighted by molar-refractivity contribution is 5.26. The maximum Gasteiger partial charge on any atom is 0.214 e. The summed E-state index contributed by atoms with van der Waals surface area (Å²) in [5.74, 6) is 0.720. The number of aromatic nitrogens is 1. The molecule has 2 aromatic rings. The zero-order valence-electron chi connectivity index (χ0n) is 12.9. The third-order valence-electron chi connectivity index (χ3n) is 3.23. The minimum Gasteiger partial charge on any atom is -0.473 e. The van der Waals surface area contributed by atoms with Gasteiger partial charge < -0.3 is 10.1 Å². The second-order valence-corrected chi connectivity index (χ2v) is 5.11. The lowest BCUT2D eigenvalue weighted by Crippen LogP contribution is -2.12. The number of aryl methyl sites for hydroxylation is 1. The van der Waals surface area contributed by atoms with Gasteiger partial charge in [0.1, 0.15) is 6.61 Å². The fourth-order valence-corrected chi connectivity index (χ4v) is 2.18. The van der Waals surface area contributed by atoms with E-state index in [9.17, 15) is 0 Å². The summed E-state index contributed by atoms with van der Waals surface area (Å²) in [6.07, 6.45) is 2.08. The second kappa shape index (κ2) is 8.42. The summed E-state index contributed by atoms with van der Waals surface area (Å²) >= 11 is 0. The highest BCUT2D eigenvalue weighted by Gasteiger charge is 2.04. The molecule has 0 unspecified atom stereocenters. The molecule has 0 spiro atoms. The standard InChI is InChI=1S/C18H24N2O/c1-3-8-17-11-16(13-19-4-2)12-18(20-17)21-14-15-9-6-5-7-10-15/h5-7,9-12,19H,3-4,8,13-14H2,1-2H3. The van der Waals surface area contributed by atoms with Gasteiger partial charge in [0.15, 0.2) is 0 Å². The number of nitrogens with zero attached hydrogens (tertiary/aromatic N) is 1. The van der Waals surface area contributed by atoms with Crippen molar-refractivity contribution in [3.63, 3.8) is 0 Å². The molecule has 1 aromatic heterocycles. The Labute approximate surface area is 127 Å². The van der Waals surface area contributed by atoms with Crippen LogP contribution in [0, 0.1) is 0 Å². The third kappa shape index (κ3) is 5.20. The fraction of sp³-hybridized carbons (Fsp3) is 0.389. The molecule has 0 aliphatic rings. The maximum absolute atomic E-state index is 5.86. The van der Waals surface area contributed by atoms with Crippen molar-refractivity contribution in [2.45, 2.75) is 39.8 Å². The monoisotopic (exact) mass is 284 g/mol. The van der Waals surface area contributed by atoms with Crippen LogP contribution in [0.3, 0.4) is 0 Å². The van der Waals surface area contributed by atoms with Crippen molar-refractivity contribution < 1.29 is 4.74 Å². The van der Waals surface area contributed by atoms with Crippen molar-refractivity contribution >= 4 is 0 Å². The van der Waals surface area contributed by atoms with E-state index in [1.54, 1.807) is 0 Å². The Morgan fingerprint density at radius 3 is 2.57 bits per heavy atom. The van der Waals surface area contributed by atoms with Gasteiger partial charge in [-0.2, -0.15) is 0 Å². The van der Waals surface area contributed by atoms with Crippen LogP contribution in [0.25, 0.3) is 0 Å². The molecule has 1 N–H and O–H groups in total. The molecule has 2 rings (SSSR count). The number of rotatable bonds is 8. The second-order valence-electron chi connectivity index (χ2n) is 5.11. The van der Waals surface area contributed by atoms with E-state index in [-0.39, 0.29) is 0 Å². The molecule has 3 heteroatoms. The summed E-state index contributed by atoms with van der Waals surface area (Å²) in [6.45, 7) is 6.66. The maximum atomic E-state index is 5.86. The Balaban J connectivity index is 2.07. The summed E-state index contributed by atoms with van der Waals surface area (Å²) in [5, 5.41) is 3.35. The molecule has 21 heavy (non-hydrogen) atoms. The lowest BCUT2D eigenvalue weighted by Gasteiger charge is -2.10. The van der Waals surface area contributed by atoms with Gasteiger partial charge in [-0.05, 0) is 30.2 Å². The predicted octanol–water partition coefficient (Wildman–Crippen LogP) is 3.72. The predicted molar refractivity (Wildman–Crippen MR) is 86.4 cm³/mol. The van der Waals surface area contributed by atoms with E-state index >= 15 is 0 Å². The highest BCUT2D eigenvalue weighted by atomic mass is 16.5. The van der Waals surface area contributed by atoms with E-state index < -0.39 is 0 Å². The summed E-state index contributed by atoms with van der Waals surface area (Å²) in [4.78, 5) is 4.60. The zero-order valence-corrected chi connectivity index (χ0v) is 12.9. The first-order valence-corrected chi connectivity index (χ1v) is 7.69. The van der Waals surface area contributed by atoms with Crippen LogP contribution in [-0.2, 0) is 19.6 Å². The van der Waals surface area contributed by atoms with Crippen LogP contribution in [-0.4, -0.2) is 11.5 Å². The van der Waals surface area contributed by atoms with Gasteiger partial charge in [0.05, 0.1) is 0 Å². The number of benzene rings is 1. The fourth-order valence-electron chi connectivity index (χ4n) is 2.18. The van der Waals surface area contributed by atoms with Gasteiger partial charge in [-0.1, -0.05) is 50.6 Å². The van der Waals surface area contributed by atoms with Crippen LogP contribution >= 0.6 is 0 Å². The molecular weight excluding hydrogens is 260 g/mol. The van der Waals surface area contributed by atoms with E-state index in [0.29, 0.717) is 6.61 Å². The number of nitrogens with one attached hydrogen (secondary N) is 1. The van der Waals surface area contributed by atoms with Crippen LogP contribution in [0.5, 0.6) is 5.88 Å². The topological polar surface area (TPSA) is 34.1 Å². The van der Waals surface area contributed by atoms with E-state index in [1.165, 1.54) is 5.56 Å². The van der Waals surface area contributed by atoms with Gasteiger partial charge in [0, 0.05) is 18.3 Å². The Kier molecular flexibility index (Phi) is 6.22. The molecule has 112 valence electrons. The van der Waals surface area contributed by atoms with Crippen LogP contribution in [0.4, 0.5) is 0 Å². The van der Waals surface area contributed by atoms with Crippen molar-refractivity contribution in [2.24, 2.45) is 0 Å². The molecule has 0 saturated heterocycles. The Morgan fingerprint density at radius 2 is 1.86 bits per heavy atom. The third-order valence-corrected chi connectivity index (χ3v) is 3.23. The largest absolute Gasteiger partial charge is 0.473 e. The smallest absolute Gasteiger partial charge is 0.214 e. The lowest BCUT2D eigenvalue weighted by atomic mass is 10.1. The first-order chi connectivity index (χ1) is 10.3. The highest BCUT2D eigenvalue weighted by Crippen LogP contribution is 2.16. The summed E-state index contributed by atoms with van der Waals surface area (Å²) < 4.78 is 5.86. The number of pyridine rings is 1. The molecule has 0 aliphatic heterocycles.